The largest absolute Gasteiger partial charge is 0.507 e. The topological polar surface area (TPSA) is 55.8 Å². The molecule has 0 aliphatic carbocycles. The first kappa shape index (κ1) is 19.4. The monoisotopic (exact) mass is 382 g/mol. The summed E-state index contributed by atoms with van der Waals surface area (Å²) in [6.07, 6.45) is 0. The average Bonchev–Trinajstić information content (AvgIpc) is 2.53. The molecule has 0 amide bonds. The van der Waals surface area contributed by atoms with Crippen LogP contribution in [0.4, 0.5) is 0 Å². The predicted molar refractivity (Wildman–Crippen MR) is 99.8 cm³/mol. The Labute approximate surface area is 157 Å². The van der Waals surface area contributed by atoms with Gasteiger partial charge in [-0.2, -0.15) is 0 Å². The number of hydrogen-bond acceptors (Lipinski definition) is 4. The third-order valence-electron chi connectivity index (χ3n) is 3.96. The lowest BCUT2D eigenvalue weighted by atomic mass is 9.83. The van der Waals surface area contributed by atoms with Gasteiger partial charge in [0.25, 0.3) is 0 Å². The highest BCUT2D eigenvalue weighted by Gasteiger charge is 2.33. The summed E-state index contributed by atoms with van der Waals surface area (Å²) < 4.78 is 10.6. The second-order valence-corrected chi connectivity index (χ2v) is 6.95. The van der Waals surface area contributed by atoms with Gasteiger partial charge in [0.2, 0.25) is 0 Å². The standard InChI is InChI=1S/C19H20Cl2O4/c1-5-25-18(23)19(2,3)12-8-15(22)17(16(9-12)24-4)11-6-13(20)10-14(21)7-11/h6-10,22H,5H2,1-4H3. The maximum absolute atomic E-state index is 12.2. The highest BCUT2D eigenvalue weighted by molar-refractivity contribution is 6.35. The van der Waals surface area contributed by atoms with Crippen molar-refractivity contribution in [2.45, 2.75) is 26.2 Å². The molecule has 1 N–H and O–H groups in total. The van der Waals surface area contributed by atoms with Crippen LogP contribution in [0, 0.1) is 0 Å². The van der Waals surface area contributed by atoms with E-state index in [1.807, 2.05) is 0 Å². The Morgan fingerprint density at radius 2 is 1.72 bits per heavy atom. The van der Waals surface area contributed by atoms with Gasteiger partial charge < -0.3 is 14.6 Å². The van der Waals surface area contributed by atoms with Gasteiger partial charge in [-0.3, -0.25) is 4.79 Å². The van der Waals surface area contributed by atoms with Crippen molar-refractivity contribution in [3.05, 3.63) is 45.9 Å². The summed E-state index contributed by atoms with van der Waals surface area (Å²) in [6, 6.07) is 8.21. The van der Waals surface area contributed by atoms with Gasteiger partial charge in [-0.05, 0) is 62.2 Å². The quantitative estimate of drug-likeness (QED) is 0.720. The number of methoxy groups -OCH3 is 1. The lowest BCUT2D eigenvalue weighted by Gasteiger charge is -2.24. The van der Waals surface area contributed by atoms with E-state index in [-0.39, 0.29) is 18.3 Å². The summed E-state index contributed by atoms with van der Waals surface area (Å²) in [4.78, 5) is 12.2. The van der Waals surface area contributed by atoms with E-state index >= 15 is 0 Å². The van der Waals surface area contributed by atoms with Gasteiger partial charge in [0.1, 0.15) is 11.5 Å². The molecule has 4 nitrogen and oxygen atoms in total. The minimum absolute atomic E-state index is 0.0370. The number of carbonyl (C=O) groups excluding carboxylic acids is 1. The summed E-state index contributed by atoms with van der Waals surface area (Å²) >= 11 is 12.1. The van der Waals surface area contributed by atoms with Crippen LogP contribution in [-0.2, 0) is 14.9 Å². The van der Waals surface area contributed by atoms with Gasteiger partial charge in [-0.15, -0.1) is 0 Å². The molecule has 2 aromatic rings. The molecule has 0 unspecified atom stereocenters. The van der Waals surface area contributed by atoms with E-state index in [2.05, 4.69) is 0 Å². The summed E-state index contributed by atoms with van der Waals surface area (Å²) in [5.74, 6) is -0.00855. The number of esters is 1. The smallest absolute Gasteiger partial charge is 0.315 e. The van der Waals surface area contributed by atoms with Crippen LogP contribution in [0.25, 0.3) is 11.1 Å². The first-order chi connectivity index (χ1) is 11.7. The molecule has 0 aliphatic heterocycles. The van der Waals surface area contributed by atoms with Crippen LogP contribution in [0.5, 0.6) is 11.5 Å². The fourth-order valence-electron chi connectivity index (χ4n) is 2.54. The van der Waals surface area contributed by atoms with Gasteiger partial charge >= 0.3 is 5.97 Å². The maximum Gasteiger partial charge on any atom is 0.315 e. The van der Waals surface area contributed by atoms with Gasteiger partial charge in [0.05, 0.1) is 24.7 Å². The normalized spacial score (nSPS) is 11.3. The first-order valence-corrected chi connectivity index (χ1v) is 8.51. The molecule has 0 spiro atoms. The summed E-state index contributed by atoms with van der Waals surface area (Å²) in [7, 11) is 1.49. The Morgan fingerprint density at radius 3 is 2.24 bits per heavy atom. The molecule has 0 saturated carbocycles. The van der Waals surface area contributed by atoms with E-state index < -0.39 is 5.41 Å². The number of phenolic OH excluding ortho intramolecular Hbond substituents is 1. The van der Waals surface area contributed by atoms with E-state index in [9.17, 15) is 9.90 Å². The number of aromatic hydroxyl groups is 1. The van der Waals surface area contributed by atoms with Crippen molar-refractivity contribution in [2.75, 3.05) is 13.7 Å². The SMILES string of the molecule is CCOC(=O)C(C)(C)c1cc(O)c(-c2cc(Cl)cc(Cl)c2)c(OC)c1. The molecule has 0 fully saturated rings. The minimum Gasteiger partial charge on any atom is -0.507 e. The molecule has 134 valence electrons. The number of ether oxygens (including phenoxy) is 2. The summed E-state index contributed by atoms with van der Waals surface area (Å²) in [5, 5.41) is 11.5. The number of hydrogen-bond donors (Lipinski definition) is 1. The van der Waals surface area contributed by atoms with Crippen LogP contribution in [-0.4, -0.2) is 24.8 Å². The molecule has 0 aliphatic rings. The summed E-state index contributed by atoms with van der Waals surface area (Å²) in [6.45, 7) is 5.49. The highest BCUT2D eigenvalue weighted by Crippen LogP contribution is 2.43. The lowest BCUT2D eigenvalue weighted by molar-refractivity contribution is -0.148. The number of halogens is 2. The van der Waals surface area contributed by atoms with E-state index in [1.165, 1.54) is 13.2 Å². The molecule has 2 rings (SSSR count). The van der Waals surface area contributed by atoms with Crippen LogP contribution in [0.3, 0.4) is 0 Å². The van der Waals surface area contributed by atoms with Crippen LogP contribution in [0.15, 0.2) is 30.3 Å². The Balaban J connectivity index is 2.61. The van der Waals surface area contributed by atoms with E-state index in [0.29, 0.717) is 32.5 Å². The second kappa shape index (κ2) is 7.54. The molecule has 0 saturated heterocycles. The van der Waals surface area contributed by atoms with Crippen molar-refractivity contribution in [3.8, 4) is 22.6 Å². The third-order valence-corrected chi connectivity index (χ3v) is 4.40. The maximum atomic E-state index is 12.2. The Hall–Kier alpha value is -1.91. The third kappa shape index (κ3) is 4.02. The average molecular weight is 383 g/mol. The van der Waals surface area contributed by atoms with Gasteiger partial charge in [-0.25, -0.2) is 0 Å². The van der Waals surface area contributed by atoms with Crippen molar-refractivity contribution in [2.24, 2.45) is 0 Å². The number of benzene rings is 2. The zero-order valence-electron chi connectivity index (χ0n) is 14.5. The van der Waals surface area contributed by atoms with Gasteiger partial charge in [0.15, 0.2) is 0 Å². The van der Waals surface area contributed by atoms with Crippen molar-refractivity contribution in [1.29, 1.82) is 0 Å². The number of rotatable bonds is 5. The van der Waals surface area contributed by atoms with Crippen molar-refractivity contribution >= 4 is 29.2 Å². The summed E-state index contributed by atoms with van der Waals surface area (Å²) in [5.41, 5.74) is 0.713. The minimum atomic E-state index is -0.939. The Kier molecular flexibility index (Phi) is 5.86. The molecule has 6 heteroatoms. The highest BCUT2D eigenvalue weighted by atomic mass is 35.5. The van der Waals surface area contributed by atoms with Crippen molar-refractivity contribution < 1.29 is 19.4 Å². The van der Waals surface area contributed by atoms with Gasteiger partial charge in [-0.1, -0.05) is 23.2 Å². The lowest BCUT2D eigenvalue weighted by Crippen LogP contribution is -2.31. The number of phenols is 1. The molecular weight excluding hydrogens is 363 g/mol. The van der Waals surface area contributed by atoms with E-state index in [4.69, 9.17) is 32.7 Å². The van der Waals surface area contributed by atoms with Gasteiger partial charge in [0, 0.05) is 10.0 Å². The van der Waals surface area contributed by atoms with E-state index in [1.54, 1.807) is 45.0 Å². The van der Waals surface area contributed by atoms with Crippen LogP contribution in [0.1, 0.15) is 26.3 Å². The van der Waals surface area contributed by atoms with Crippen LogP contribution >= 0.6 is 23.2 Å². The zero-order valence-corrected chi connectivity index (χ0v) is 16.0. The number of carbonyl (C=O) groups is 1. The van der Waals surface area contributed by atoms with Crippen molar-refractivity contribution in [1.82, 2.24) is 0 Å². The molecule has 0 aromatic heterocycles. The molecule has 0 atom stereocenters. The van der Waals surface area contributed by atoms with Crippen molar-refractivity contribution in [3.63, 3.8) is 0 Å². The zero-order chi connectivity index (χ0) is 18.8. The molecule has 0 radical (unpaired) electrons. The molecule has 2 aromatic carbocycles. The second-order valence-electron chi connectivity index (χ2n) is 6.08. The molecule has 0 heterocycles. The van der Waals surface area contributed by atoms with E-state index in [0.717, 1.165) is 0 Å². The fraction of sp³-hybridized carbons (Fsp3) is 0.316. The Bertz CT molecular complexity index is 780. The predicted octanol–water partition coefficient (Wildman–Crippen LogP) is 5.22. The van der Waals surface area contributed by atoms with Crippen LogP contribution in [0.2, 0.25) is 10.0 Å². The Morgan fingerprint density at radius 1 is 1.12 bits per heavy atom. The fourth-order valence-corrected chi connectivity index (χ4v) is 3.07. The molecule has 0 bridgehead atoms. The van der Waals surface area contributed by atoms with Crippen LogP contribution < -0.4 is 4.74 Å². The molecular formula is C19H20Cl2O4. The first-order valence-electron chi connectivity index (χ1n) is 7.75. The molecule has 25 heavy (non-hydrogen) atoms.